The molecule has 1 atom stereocenters. The first-order valence-corrected chi connectivity index (χ1v) is 10.6. The highest BCUT2D eigenvalue weighted by Gasteiger charge is 2.51. The Kier molecular flexibility index (Phi) is 4.84. The van der Waals surface area contributed by atoms with Crippen LogP contribution >= 0.6 is 11.8 Å². The Labute approximate surface area is 160 Å². The summed E-state index contributed by atoms with van der Waals surface area (Å²) in [5.74, 6) is 4.11. The van der Waals surface area contributed by atoms with Crippen LogP contribution in [0.15, 0.2) is 23.1 Å². The summed E-state index contributed by atoms with van der Waals surface area (Å²) < 4.78 is 10.7. The number of carbonyl (C=O) groups is 1. The molecule has 0 aromatic heterocycles. The molecule has 26 heavy (non-hydrogen) atoms. The first-order valence-electron chi connectivity index (χ1n) is 9.71. The van der Waals surface area contributed by atoms with E-state index in [0.717, 1.165) is 22.6 Å². The van der Waals surface area contributed by atoms with Gasteiger partial charge in [-0.1, -0.05) is 0 Å². The van der Waals surface area contributed by atoms with Crippen LogP contribution in [0.25, 0.3) is 0 Å². The van der Waals surface area contributed by atoms with Crippen molar-refractivity contribution in [1.82, 2.24) is 5.32 Å². The molecular formula is C21H29NO3S. The van der Waals surface area contributed by atoms with Gasteiger partial charge in [0.1, 0.15) is 0 Å². The molecule has 4 saturated carbocycles. The maximum absolute atomic E-state index is 12.9. The Hall–Kier alpha value is -1.36. The lowest BCUT2D eigenvalue weighted by Gasteiger charge is -2.57. The smallest absolute Gasteiger partial charge is 0.233 e. The van der Waals surface area contributed by atoms with Gasteiger partial charge in [-0.2, -0.15) is 0 Å². The minimum atomic E-state index is -0.124. The molecule has 4 nitrogen and oxygen atoms in total. The molecule has 0 unspecified atom stereocenters. The maximum atomic E-state index is 12.9. The zero-order valence-electron chi connectivity index (χ0n) is 15.9. The van der Waals surface area contributed by atoms with Gasteiger partial charge in [0.05, 0.1) is 19.5 Å². The van der Waals surface area contributed by atoms with Crippen molar-refractivity contribution in [2.45, 2.75) is 61.1 Å². The molecule has 1 N–H and O–H groups in total. The van der Waals surface area contributed by atoms with E-state index >= 15 is 0 Å². The zero-order valence-corrected chi connectivity index (χ0v) is 16.7. The second-order valence-electron chi connectivity index (χ2n) is 8.46. The molecule has 142 valence electrons. The summed E-state index contributed by atoms with van der Waals surface area (Å²) in [6.45, 7) is 2.00. The summed E-state index contributed by atoms with van der Waals surface area (Å²) in [6, 6.07) is 5.82. The van der Waals surface area contributed by atoms with Crippen LogP contribution in [0.3, 0.4) is 0 Å². The van der Waals surface area contributed by atoms with Crippen LogP contribution in [0.5, 0.6) is 11.5 Å². The summed E-state index contributed by atoms with van der Waals surface area (Å²) in [4.78, 5) is 13.9. The molecule has 0 saturated heterocycles. The average molecular weight is 376 g/mol. The molecule has 4 aliphatic rings. The van der Waals surface area contributed by atoms with Crippen molar-refractivity contribution in [2.24, 2.45) is 17.8 Å². The molecule has 0 aliphatic heterocycles. The quantitative estimate of drug-likeness (QED) is 0.755. The average Bonchev–Trinajstić information content (AvgIpc) is 2.59. The first kappa shape index (κ1) is 18.0. The lowest BCUT2D eigenvalue weighted by atomic mass is 9.53. The number of methoxy groups -OCH3 is 2. The first-order chi connectivity index (χ1) is 12.5. The molecule has 0 spiro atoms. The maximum Gasteiger partial charge on any atom is 0.233 e. The molecule has 4 aliphatic carbocycles. The highest BCUT2D eigenvalue weighted by molar-refractivity contribution is 8.00. The predicted octanol–water partition coefficient (Wildman–Crippen LogP) is 4.27. The molecular weight excluding hydrogens is 346 g/mol. The van der Waals surface area contributed by atoms with E-state index in [-0.39, 0.29) is 16.7 Å². The molecule has 5 rings (SSSR count). The normalized spacial score (nSPS) is 33.0. The van der Waals surface area contributed by atoms with Gasteiger partial charge in [-0.05, 0) is 81.4 Å². The largest absolute Gasteiger partial charge is 0.493 e. The molecule has 1 aromatic carbocycles. The summed E-state index contributed by atoms with van der Waals surface area (Å²) in [7, 11) is 3.27. The summed E-state index contributed by atoms with van der Waals surface area (Å²) in [6.07, 6.45) is 7.76. The third kappa shape index (κ3) is 3.42. The van der Waals surface area contributed by atoms with Crippen LogP contribution < -0.4 is 14.8 Å². The molecule has 5 heteroatoms. The molecule has 1 amide bonds. The standard InChI is InChI=1S/C21H29NO3S/c1-13(26-17-4-5-18(24-2)19(9-17)25-3)20(23)22-21-10-14-6-15(11-21)8-16(7-14)12-21/h4-5,9,13-16H,6-8,10-12H2,1-3H3,(H,22,23)/t13-,14?,15?,16?,21?/m0/s1. The predicted molar refractivity (Wildman–Crippen MR) is 104 cm³/mol. The topological polar surface area (TPSA) is 47.6 Å². The Bertz CT molecular complexity index is 655. The van der Waals surface area contributed by atoms with Gasteiger partial charge in [-0.25, -0.2) is 0 Å². The highest BCUT2D eigenvalue weighted by atomic mass is 32.2. The van der Waals surface area contributed by atoms with Crippen LogP contribution in [-0.2, 0) is 4.79 Å². The SMILES string of the molecule is COc1ccc(S[C@@H](C)C(=O)NC23CC4CC(CC(C4)C2)C3)cc1OC. The number of hydrogen-bond acceptors (Lipinski definition) is 4. The van der Waals surface area contributed by atoms with Crippen molar-refractivity contribution in [3.63, 3.8) is 0 Å². The Morgan fingerprint density at radius 1 is 1.08 bits per heavy atom. The molecule has 4 fully saturated rings. The number of amides is 1. The van der Waals surface area contributed by atoms with Gasteiger partial charge in [-0.15, -0.1) is 11.8 Å². The highest BCUT2D eigenvalue weighted by Crippen LogP contribution is 2.55. The van der Waals surface area contributed by atoms with Gasteiger partial charge in [0, 0.05) is 10.4 Å². The Balaban J connectivity index is 1.41. The number of rotatable bonds is 6. The minimum absolute atomic E-state index is 0.0816. The van der Waals surface area contributed by atoms with Gasteiger partial charge in [-0.3, -0.25) is 4.79 Å². The summed E-state index contributed by atoms with van der Waals surface area (Å²) >= 11 is 1.58. The van der Waals surface area contributed by atoms with E-state index in [2.05, 4.69) is 5.32 Å². The van der Waals surface area contributed by atoms with Crippen molar-refractivity contribution >= 4 is 17.7 Å². The van der Waals surface area contributed by atoms with Crippen molar-refractivity contribution in [1.29, 1.82) is 0 Å². The van der Waals surface area contributed by atoms with Crippen LogP contribution in [0.2, 0.25) is 0 Å². The number of carbonyl (C=O) groups excluding carboxylic acids is 1. The fraction of sp³-hybridized carbons (Fsp3) is 0.667. The second-order valence-corrected chi connectivity index (χ2v) is 9.88. The Morgan fingerprint density at radius 3 is 2.19 bits per heavy atom. The van der Waals surface area contributed by atoms with Crippen molar-refractivity contribution in [3.8, 4) is 11.5 Å². The fourth-order valence-electron chi connectivity index (χ4n) is 5.77. The van der Waals surface area contributed by atoms with E-state index < -0.39 is 0 Å². The number of thioether (sulfide) groups is 1. The van der Waals surface area contributed by atoms with E-state index in [4.69, 9.17) is 9.47 Å². The van der Waals surface area contributed by atoms with E-state index in [1.807, 2.05) is 25.1 Å². The van der Waals surface area contributed by atoms with E-state index in [1.165, 1.54) is 38.5 Å². The molecule has 4 bridgehead atoms. The van der Waals surface area contributed by atoms with Gasteiger partial charge < -0.3 is 14.8 Å². The third-order valence-corrected chi connectivity index (χ3v) is 7.56. The summed E-state index contributed by atoms with van der Waals surface area (Å²) in [5.41, 5.74) is 0.0816. The van der Waals surface area contributed by atoms with Crippen LogP contribution in [0, 0.1) is 17.8 Å². The summed E-state index contributed by atoms with van der Waals surface area (Å²) in [5, 5.41) is 3.36. The zero-order chi connectivity index (χ0) is 18.3. The Morgan fingerprint density at radius 2 is 1.65 bits per heavy atom. The van der Waals surface area contributed by atoms with Gasteiger partial charge in [0.15, 0.2) is 11.5 Å². The van der Waals surface area contributed by atoms with Gasteiger partial charge in [0.2, 0.25) is 5.91 Å². The van der Waals surface area contributed by atoms with Gasteiger partial charge in [0.25, 0.3) is 0 Å². The lowest BCUT2D eigenvalue weighted by molar-refractivity contribution is -0.126. The van der Waals surface area contributed by atoms with E-state index in [9.17, 15) is 4.79 Å². The van der Waals surface area contributed by atoms with Crippen LogP contribution in [-0.4, -0.2) is 30.9 Å². The third-order valence-electron chi connectivity index (χ3n) is 6.46. The number of nitrogens with one attached hydrogen (secondary N) is 1. The van der Waals surface area contributed by atoms with Crippen molar-refractivity contribution in [2.75, 3.05) is 14.2 Å². The molecule has 0 heterocycles. The monoisotopic (exact) mass is 375 g/mol. The minimum Gasteiger partial charge on any atom is -0.493 e. The number of benzene rings is 1. The lowest BCUT2D eigenvalue weighted by Crippen LogP contribution is -2.60. The van der Waals surface area contributed by atoms with E-state index in [1.54, 1.807) is 26.0 Å². The van der Waals surface area contributed by atoms with E-state index in [0.29, 0.717) is 11.5 Å². The van der Waals surface area contributed by atoms with Crippen LogP contribution in [0.1, 0.15) is 45.4 Å². The number of hydrogen-bond donors (Lipinski definition) is 1. The number of ether oxygens (including phenoxy) is 2. The molecule has 0 radical (unpaired) electrons. The van der Waals surface area contributed by atoms with Crippen molar-refractivity contribution in [3.05, 3.63) is 18.2 Å². The van der Waals surface area contributed by atoms with Gasteiger partial charge >= 0.3 is 0 Å². The second kappa shape index (κ2) is 6.99. The fourth-order valence-corrected chi connectivity index (χ4v) is 6.67. The molecule has 1 aromatic rings. The van der Waals surface area contributed by atoms with Crippen molar-refractivity contribution < 1.29 is 14.3 Å². The van der Waals surface area contributed by atoms with Crippen LogP contribution in [0.4, 0.5) is 0 Å².